The third-order valence-electron chi connectivity index (χ3n) is 8.84. The van der Waals surface area contributed by atoms with Crippen LogP contribution in [-0.2, 0) is 0 Å². The van der Waals surface area contributed by atoms with Crippen LogP contribution in [0.15, 0.2) is 134 Å². The Labute approximate surface area is 319 Å². The Morgan fingerprint density at radius 3 is 1.39 bits per heavy atom. The fourth-order valence-electron chi connectivity index (χ4n) is 6.13. The highest BCUT2D eigenvalue weighted by molar-refractivity contribution is 6.12. The van der Waals surface area contributed by atoms with E-state index in [1.165, 1.54) is 63.3 Å². The molecule has 4 aromatic heterocycles. The molecule has 56 heavy (non-hydrogen) atoms. The third kappa shape index (κ3) is 8.19. The summed E-state index contributed by atoms with van der Waals surface area (Å²) in [5.41, 5.74) is 3.61. The van der Waals surface area contributed by atoms with E-state index in [2.05, 4.69) is 40.5 Å². The van der Waals surface area contributed by atoms with Crippen molar-refractivity contribution in [3.05, 3.63) is 168 Å². The normalized spacial score (nSPS) is 11.9. The van der Waals surface area contributed by atoms with Gasteiger partial charge in [-0.15, -0.1) is 0 Å². The number of hydrogen-bond acceptors (Lipinski definition) is 10. The SMILES string of the molecule is COc1cncc(NC(C(=O)c2c[nH]c3cc(F)ccc23)c2ccccc2)n1.COc1cncc(NC(C(=O)c2c[nH]c3cc(F)ccc23)c2ccccc2)n1. The van der Waals surface area contributed by atoms with E-state index in [1.807, 2.05) is 60.7 Å². The molecular weight excluding hydrogens is 719 g/mol. The number of aromatic amines is 2. The van der Waals surface area contributed by atoms with E-state index in [0.29, 0.717) is 56.3 Å². The number of carbonyl (C=O) groups is 2. The van der Waals surface area contributed by atoms with Gasteiger partial charge in [0.15, 0.2) is 11.6 Å². The number of methoxy groups -OCH3 is 2. The predicted octanol–water partition coefficient (Wildman–Crippen LogP) is 8.28. The van der Waals surface area contributed by atoms with Crippen LogP contribution in [0.2, 0.25) is 0 Å². The molecule has 4 heterocycles. The van der Waals surface area contributed by atoms with Crippen LogP contribution in [0.3, 0.4) is 0 Å². The summed E-state index contributed by atoms with van der Waals surface area (Å²) >= 11 is 0. The second-order valence-electron chi connectivity index (χ2n) is 12.4. The summed E-state index contributed by atoms with van der Waals surface area (Å²) in [6.45, 7) is 0. The minimum Gasteiger partial charge on any atom is -0.480 e. The molecule has 14 heteroatoms. The van der Waals surface area contributed by atoms with E-state index in [9.17, 15) is 18.4 Å². The summed E-state index contributed by atoms with van der Waals surface area (Å²) in [6, 6.07) is 25.8. The smallest absolute Gasteiger partial charge is 0.233 e. The highest BCUT2D eigenvalue weighted by Gasteiger charge is 2.27. The lowest BCUT2D eigenvalue weighted by Crippen LogP contribution is -2.22. The van der Waals surface area contributed by atoms with Gasteiger partial charge in [0, 0.05) is 45.3 Å². The first kappa shape index (κ1) is 36.9. The molecule has 0 amide bonds. The molecule has 4 aromatic carbocycles. The number of hydrogen-bond donors (Lipinski definition) is 4. The summed E-state index contributed by atoms with van der Waals surface area (Å²) in [4.78, 5) is 49.5. The lowest BCUT2D eigenvalue weighted by atomic mass is 9.97. The molecule has 0 saturated heterocycles. The van der Waals surface area contributed by atoms with Gasteiger partial charge in [0.25, 0.3) is 0 Å². The van der Waals surface area contributed by atoms with Crippen LogP contribution in [-0.4, -0.2) is 55.7 Å². The van der Waals surface area contributed by atoms with E-state index in [0.717, 1.165) is 11.1 Å². The summed E-state index contributed by atoms with van der Waals surface area (Å²) < 4.78 is 37.2. The molecule has 12 nitrogen and oxygen atoms in total. The lowest BCUT2D eigenvalue weighted by Gasteiger charge is -2.18. The van der Waals surface area contributed by atoms with Crippen molar-refractivity contribution < 1.29 is 27.8 Å². The van der Waals surface area contributed by atoms with Gasteiger partial charge in [-0.1, -0.05) is 60.7 Å². The molecule has 0 radical (unpaired) electrons. The maximum atomic E-state index is 13.5. The average Bonchev–Trinajstić information content (AvgIpc) is 3.86. The van der Waals surface area contributed by atoms with Crippen molar-refractivity contribution >= 4 is 45.0 Å². The molecule has 280 valence electrons. The van der Waals surface area contributed by atoms with E-state index in [4.69, 9.17) is 9.47 Å². The molecule has 0 saturated carbocycles. The van der Waals surface area contributed by atoms with E-state index in [1.54, 1.807) is 24.5 Å². The van der Waals surface area contributed by atoms with Gasteiger partial charge in [-0.05, 0) is 47.5 Å². The van der Waals surface area contributed by atoms with Gasteiger partial charge < -0.3 is 30.1 Å². The van der Waals surface area contributed by atoms with Crippen molar-refractivity contribution in [1.29, 1.82) is 0 Å². The summed E-state index contributed by atoms with van der Waals surface area (Å²) in [7, 11) is 3.00. The Balaban J connectivity index is 0.000000172. The van der Waals surface area contributed by atoms with E-state index < -0.39 is 12.1 Å². The van der Waals surface area contributed by atoms with Crippen LogP contribution < -0.4 is 20.1 Å². The minimum atomic E-state index is -0.702. The van der Waals surface area contributed by atoms with Gasteiger partial charge in [0.2, 0.25) is 11.8 Å². The van der Waals surface area contributed by atoms with Crippen molar-refractivity contribution in [2.75, 3.05) is 24.9 Å². The van der Waals surface area contributed by atoms with Crippen LogP contribution in [0.1, 0.15) is 43.9 Å². The molecule has 8 rings (SSSR count). The number of ether oxygens (including phenoxy) is 2. The van der Waals surface area contributed by atoms with Gasteiger partial charge in [0.05, 0.1) is 39.0 Å². The monoisotopic (exact) mass is 752 g/mol. The molecule has 2 atom stereocenters. The molecule has 0 aliphatic heterocycles. The topological polar surface area (TPSA) is 160 Å². The number of anilines is 2. The van der Waals surface area contributed by atoms with Gasteiger partial charge in [0.1, 0.15) is 35.4 Å². The fraction of sp³-hybridized carbons (Fsp3) is 0.0952. The van der Waals surface area contributed by atoms with Crippen LogP contribution in [0.5, 0.6) is 11.8 Å². The standard InChI is InChI=1S/2C21H17FN4O2/c2*1-28-19-12-23-11-18(25-19)26-20(13-5-3-2-4-6-13)21(27)16-10-24-17-9-14(22)7-8-15(16)17/h2*2-12,20,24H,1H3,(H,25,26). The molecule has 0 aliphatic rings. The predicted molar refractivity (Wildman–Crippen MR) is 208 cm³/mol. The zero-order valence-electron chi connectivity index (χ0n) is 30.0. The number of rotatable bonds is 12. The molecule has 2 unspecified atom stereocenters. The van der Waals surface area contributed by atoms with E-state index >= 15 is 0 Å². The summed E-state index contributed by atoms with van der Waals surface area (Å²) in [6.07, 6.45) is 9.22. The van der Waals surface area contributed by atoms with Crippen LogP contribution in [0.25, 0.3) is 21.8 Å². The maximum Gasteiger partial charge on any atom is 0.233 e. The number of benzene rings is 4. The number of Topliss-reactive ketones (excluding diaryl/α,β-unsaturated/α-hetero) is 2. The Bertz CT molecular complexity index is 2440. The van der Waals surface area contributed by atoms with Crippen LogP contribution >= 0.6 is 0 Å². The number of nitrogens with zero attached hydrogens (tertiary/aromatic N) is 4. The van der Waals surface area contributed by atoms with Crippen molar-refractivity contribution in [1.82, 2.24) is 29.9 Å². The Morgan fingerprint density at radius 2 is 1.00 bits per heavy atom. The maximum absolute atomic E-state index is 13.5. The number of ketones is 2. The number of carbonyl (C=O) groups excluding carboxylic acids is 2. The van der Waals surface area contributed by atoms with Crippen molar-refractivity contribution in [3.63, 3.8) is 0 Å². The van der Waals surface area contributed by atoms with Crippen LogP contribution in [0.4, 0.5) is 20.4 Å². The van der Waals surface area contributed by atoms with Crippen molar-refractivity contribution in [3.8, 4) is 11.8 Å². The highest BCUT2D eigenvalue weighted by atomic mass is 19.1. The zero-order chi connectivity index (χ0) is 39.0. The van der Waals surface area contributed by atoms with Crippen molar-refractivity contribution in [2.24, 2.45) is 0 Å². The molecule has 8 aromatic rings. The Morgan fingerprint density at radius 1 is 0.589 bits per heavy atom. The lowest BCUT2D eigenvalue weighted by molar-refractivity contribution is 0.0963. The Kier molecular flexibility index (Phi) is 11.0. The zero-order valence-corrected chi connectivity index (χ0v) is 30.0. The highest BCUT2D eigenvalue weighted by Crippen LogP contribution is 2.30. The average molecular weight is 753 g/mol. The molecular formula is C42H34F2N8O4. The largest absolute Gasteiger partial charge is 0.480 e. The van der Waals surface area contributed by atoms with Gasteiger partial charge >= 0.3 is 0 Å². The molecule has 0 bridgehead atoms. The second-order valence-corrected chi connectivity index (χ2v) is 12.4. The number of aromatic nitrogens is 6. The first-order chi connectivity index (χ1) is 27.3. The number of halogens is 2. The fourth-order valence-corrected chi connectivity index (χ4v) is 6.13. The van der Waals surface area contributed by atoms with E-state index in [-0.39, 0.29) is 23.2 Å². The second kappa shape index (κ2) is 16.7. The third-order valence-corrected chi connectivity index (χ3v) is 8.84. The quantitative estimate of drug-likeness (QED) is 0.0895. The van der Waals surface area contributed by atoms with Crippen molar-refractivity contribution in [2.45, 2.75) is 12.1 Å². The molecule has 0 aliphatic carbocycles. The molecule has 4 N–H and O–H groups in total. The summed E-state index contributed by atoms with van der Waals surface area (Å²) in [5.74, 6) is 0.427. The first-order valence-electron chi connectivity index (χ1n) is 17.3. The Hall–Kier alpha value is -7.48. The van der Waals surface area contributed by atoms with Crippen LogP contribution in [0, 0.1) is 11.6 Å². The molecule has 0 spiro atoms. The number of nitrogens with one attached hydrogen (secondary N) is 4. The summed E-state index contributed by atoms with van der Waals surface area (Å²) in [5, 5.41) is 7.60. The number of H-pyrrole nitrogens is 2. The minimum absolute atomic E-state index is 0.173. The van der Waals surface area contributed by atoms with Gasteiger partial charge in [-0.25, -0.2) is 8.78 Å². The van der Waals surface area contributed by atoms with Gasteiger partial charge in [-0.2, -0.15) is 9.97 Å². The molecule has 0 fully saturated rings. The van der Waals surface area contributed by atoms with Gasteiger partial charge in [-0.3, -0.25) is 19.6 Å². The first-order valence-corrected chi connectivity index (χ1v) is 17.3. The number of fused-ring (bicyclic) bond motifs is 2.